The normalized spacial score (nSPS) is 31.0. The molecule has 4 N–H and O–H groups in total. The van der Waals surface area contributed by atoms with E-state index in [2.05, 4.69) is 18.7 Å². The summed E-state index contributed by atoms with van der Waals surface area (Å²) in [6.07, 6.45) is 1.06. The largest absolute Gasteiger partial charge is 0.373 e. The van der Waals surface area contributed by atoms with Crippen LogP contribution >= 0.6 is 0 Å². The molecule has 0 aliphatic carbocycles. The number of primary amides is 1. The Hall–Kier alpha value is -0.650. The summed E-state index contributed by atoms with van der Waals surface area (Å²) in [5.74, 6) is -0.443. The first kappa shape index (κ1) is 13.4. The van der Waals surface area contributed by atoms with E-state index in [0.29, 0.717) is 6.42 Å². The third kappa shape index (κ3) is 3.73. The molecule has 3 unspecified atom stereocenters. The fourth-order valence-corrected chi connectivity index (χ4v) is 1.98. The second kappa shape index (κ2) is 5.12. The molecule has 3 atom stereocenters. The molecular weight excluding hydrogens is 206 g/mol. The molecule has 0 aromatic carbocycles. The number of morpholine rings is 1. The highest BCUT2D eigenvalue weighted by atomic mass is 16.5. The molecule has 0 radical (unpaired) electrons. The van der Waals surface area contributed by atoms with E-state index in [-0.39, 0.29) is 12.2 Å². The molecule has 5 nitrogen and oxygen atoms in total. The molecule has 1 saturated heterocycles. The standard InChI is InChI=1S/C11H23N3O2/c1-8-6-14(7-9(2)16-8)5-4-11(3,13)10(12)15/h8-9H,4-7,13H2,1-3H3,(H2,12,15). The first-order valence-electron chi connectivity index (χ1n) is 5.78. The van der Waals surface area contributed by atoms with Crippen LogP contribution in [0.4, 0.5) is 0 Å². The van der Waals surface area contributed by atoms with Crippen molar-refractivity contribution in [1.82, 2.24) is 4.90 Å². The predicted molar refractivity (Wildman–Crippen MR) is 62.9 cm³/mol. The van der Waals surface area contributed by atoms with Crippen molar-refractivity contribution >= 4 is 5.91 Å². The Morgan fingerprint density at radius 2 is 1.94 bits per heavy atom. The highest BCUT2D eigenvalue weighted by molar-refractivity contribution is 5.83. The maximum Gasteiger partial charge on any atom is 0.237 e. The van der Waals surface area contributed by atoms with E-state index in [9.17, 15) is 4.79 Å². The van der Waals surface area contributed by atoms with Crippen LogP contribution in [0.25, 0.3) is 0 Å². The average molecular weight is 229 g/mol. The van der Waals surface area contributed by atoms with Crippen LogP contribution < -0.4 is 11.5 Å². The van der Waals surface area contributed by atoms with Gasteiger partial charge in [0, 0.05) is 19.6 Å². The number of ether oxygens (including phenoxy) is 1. The second-order valence-electron chi connectivity index (χ2n) is 5.05. The van der Waals surface area contributed by atoms with Crippen molar-refractivity contribution in [2.45, 2.75) is 44.9 Å². The number of nitrogens with zero attached hydrogens (tertiary/aromatic N) is 1. The Bertz CT molecular complexity index is 246. The molecule has 1 aliphatic heterocycles. The summed E-state index contributed by atoms with van der Waals surface area (Å²) < 4.78 is 5.63. The van der Waals surface area contributed by atoms with Crippen LogP contribution in [0.3, 0.4) is 0 Å². The highest BCUT2D eigenvalue weighted by Gasteiger charge is 2.28. The second-order valence-corrected chi connectivity index (χ2v) is 5.05. The van der Waals surface area contributed by atoms with Crippen LogP contribution in [0.2, 0.25) is 0 Å². The average Bonchev–Trinajstić information content (AvgIpc) is 2.13. The molecule has 0 aromatic rings. The molecule has 1 fully saturated rings. The summed E-state index contributed by atoms with van der Waals surface area (Å²) in [7, 11) is 0. The number of hydrogen-bond acceptors (Lipinski definition) is 4. The van der Waals surface area contributed by atoms with Gasteiger partial charge in [-0.2, -0.15) is 0 Å². The first-order valence-corrected chi connectivity index (χ1v) is 5.78. The number of rotatable bonds is 4. The predicted octanol–water partition coefficient (Wildman–Crippen LogP) is -0.312. The van der Waals surface area contributed by atoms with Crippen molar-refractivity contribution in [1.29, 1.82) is 0 Å². The smallest absolute Gasteiger partial charge is 0.237 e. The van der Waals surface area contributed by atoms with Gasteiger partial charge in [0.25, 0.3) is 0 Å². The molecule has 16 heavy (non-hydrogen) atoms. The Balaban J connectivity index is 2.40. The maximum atomic E-state index is 11.1. The van der Waals surface area contributed by atoms with E-state index < -0.39 is 11.4 Å². The van der Waals surface area contributed by atoms with Gasteiger partial charge in [-0.05, 0) is 27.2 Å². The van der Waals surface area contributed by atoms with Gasteiger partial charge in [-0.1, -0.05) is 0 Å². The molecule has 94 valence electrons. The van der Waals surface area contributed by atoms with Crippen LogP contribution in [0.1, 0.15) is 27.2 Å². The van der Waals surface area contributed by atoms with Crippen molar-refractivity contribution in [3.8, 4) is 0 Å². The fraction of sp³-hybridized carbons (Fsp3) is 0.909. The van der Waals surface area contributed by atoms with Gasteiger partial charge in [-0.25, -0.2) is 0 Å². The molecule has 0 saturated carbocycles. The lowest BCUT2D eigenvalue weighted by atomic mass is 9.98. The highest BCUT2D eigenvalue weighted by Crippen LogP contribution is 2.13. The number of carbonyl (C=O) groups is 1. The van der Waals surface area contributed by atoms with Gasteiger partial charge in [-0.15, -0.1) is 0 Å². The lowest BCUT2D eigenvalue weighted by molar-refractivity contribution is -0.123. The quantitative estimate of drug-likeness (QED) is 0.693. The van der Waals surface area contributed by atoms with Gasteiger partial charge >= 0.3 is 0 Å². The Labute approximate surface area is 97.1 Å². The van der Waals surface area contributed by atoms with Crippen molar-refractivity contribution < 1.29 is 9.53 Å². The SMILES string of the molecule is CC1CN(CCC(C)(N)C(N)=O)CC(C)O1. The topological polar surface area (TPSA) is 81.6 Å². The van der Waals surface area contributed by atoms with E-state index in [1.165, 1.54) is 0 Å². The Morgan fingerprint density at radius 3 is 2.38 bits per heavy atom. The Kier molecular flexibility index (Phi) is 4.29. The van der Waals surface area contributed by atoms with Crippen LogP contribution in [0, 0.1) is 0 Å². The maximum absolute atomic E-state index is 11.1. The fourth-order valence-electron chi connectivity index (χ4n) is 1.98. The van der Waals surface area contributed by atoms with E-state index in [0.717, 1.165) is 19.6 Å². The molecule has 0 spiro atoms. The third-order valence-electron chi connectivity index (χ3n) is 3.01. The van der Waals surface area contributed by atoms with Gasteiger partial charge in [0.15, 0.2) is 0 Å². The molecule has 0 aromatic heterocycles. The van der Waals surface area contributed by atoms with Crippen LogP contribution in [-0.4, -0.2) is 48.2 Å². The van der Waals surface area contributed by atoms with Gasteiger partial charge in [-0.3, -0.25) is 9.69 Å². The van der Waals surface area contributed by atoms with E-state index >= 15 is 0 Å². The van der Waals surface area contributed by atoms with E-state index in [1.54, 1.807) is 6.92 Å². The van der Waals surface area contributed by atoms with Crippen LogP contribution in [-0.2, 0) is 9.53 Å². The molecule has 1 amide bonds. The summed E-state index contributed by atoms with van der Waals surface area (Å²) in [4.78, 5) is 13.3. The van der Waals surface area contributed by atoms with E-state index in [1.807, 2.05) is 0 Å². The van der Waals surface area contributed by atoms with E-state index in [4.69, 9.17) is 16.2 Å². The Morgan fingerprint density at radius 1 is 1.44 bits per heavy atom. The van der Waals surface area contributed by atoms with Gasteiger partial charge < -0.3 is 16.2 Å². The van der Waals surface area contributed by atoms with Crippen molar-refractivity contribution in [3.63, 3.8) is 0 Å². The summed E-state index contributed by atoms with van der Waals surface area (Å²) in [5.41, 5.74) is 10.1. The van der Waals surface area contributed by atoms with Crippen LogP contribution in [0.15, 0.2) is 0 Å². The van der Waals surface area contributed by atoms with Gasteiger partial charge in [0.05, 0.1) is 17.7 Å². The number of hydrogen-bond donors (Lipinski definition) is 2. The van der Waals surface area contributed by atoms with Crippen molar-refractivity contribution in [3.05, 3.63) is 0 Å². The minimum Gasteiger partial charge on any atom is -0.373 e. The molecular formula is C11H23N3O2. The summed E-state index contributed by atoms with van der Waals surface area (Å²) in [5, 5.41) is 0. The zero-order valence-electron chi connectivity index (χ0n) is 10.4. The molecule has 1 heterocycles. The monoisotopic (exact) mass is 229 g/mol. The zero-order chi connectivity index (χ0) is 12.3. The molecule has 5 heteroatoms. The first-order chi connectivity index (χ1) is 7.31. The van der Waals surface area contributed by atoms with Crippen molar-refractivity contribution in [2.24, 2.45) is 11.5 Å². The number of nitrogens with two attached hydrogens (primary N) is 2. The number of amides is 1. The third-order valence-corrected chi connectivity index (χ3v) is 3.01. The number of carbonyl (C=O) groups excluding carboxylic acids is 1. The molecule has 1 rings (SSSR count). The molecule has 0 bridgehead atoms. The zero-order valence-corrected chi connectivity index (χ0v) is 10.4. The summed E-state index contributed by atoms with van der Waals surface area (Å²) in [6.45, 7) is 8.35. The summed E-state index contributed by atoms with van der Waals surface area (Å²) >= 11 is 0. The minimum atomic E-state index is -0.912. The lowest BCUT2D eigenvalue weighted by Gasteiger charge is -2.36. The van der Waals surface area contributed by atoms with Gasteiger partial charge in [0.2, 0.25) is 5.91 Å². The van der Waals surface area contributed by atoms with Crippen molar-refractivity contribution in [2.75, 3.05) is 19.6 Å². The van der Waals surface area contributed by atoms with Crippen LogP contribution in [0.5, 0.6) is 0 Å². The van der Waals surface area contributed by atoms with Gasteiger partial charge in [0.1, 0.15) is 0 Å². The lowest BCUT2D eigenvalue weighted by Crippen LogP contribution is -2.53. The summed E-state index contributed by atoms with van der Waals surface area (Å²) in [6, 6.07) is 0. The minimum absolute atomic E-state index is 0.237. The molecule has 1 aliphatic rings.